The Labute approximate surface area is 124 Å². The number of hydrogen-bond acceptors (Lipinski definition) is 2. The second-order valence-electron chi connectivity index (χ2n) is 6.26. The smallest absolute Gasteiger partial charge is 0.193 e. The molecule has 2 fully saturated rings. The normalized spacial score (nSPS) is 22.5. The fourth-order valence-corrected chi connectivity index (χ4v) is 3.68. The minimum absolute atomic E-state index is 0.598. The first-order chi connectivity index (χ1) is 9.79. The van der Waals surface area contributed by atoms with Crippen LogP contribution >= 0.6 is 0 Å². The lowest BCUT2D eigenvalue weighted by molar-refractivity contribution is 0.145. The zero-order chi connectivity index (χ0) is 14.3. The standard InChI is InChI=1S/C16H31N3O/c1-3-20-13-7-11-18-15(17-2)19-12-10-16(14-19)8-5-4-6-9-16/h3-14H2,1-2H3,(H,17,18). The predicted molar refractivity (Wildman–Crippen MR) is 84.2 cm³/mol. The van der Waals surface area contributed by atoms with E-state index < -0.39 is 0 Å². The fourth-order valence-electron chi connectivity index (χ4n) is 3.68. The van der Waals surface area contributed by atoms with Gasteiger partial charge in [-0.25, -0.2) is 0 Å². The minimum Gasteiger partial charge on any atom is -0.382 e. The summed E-state index contributed by atoms with van der Waals surface area (Å²) in [4.78, 5) is 6.92. The first kappa shape index (κ1) is 15.6. The summed E-state index contributed by atoms with van der Waals surface area (Å²) < 4.78 is 5.37. The molecule has 1 N–H and O–H groups in total. The third kappa shape index (κ3) is 4.11. The van der Waals surface area contributed by atoms with Gasteiger partial charge in [0.25, 0.3) is 0 Å². The van der Waals surface area contributed by atoms with Gasteiger partial charge in [-0.15, -0.1) is 0 Å². The molecular formula is C16H31N3O. The SMILES string of the molecule is CCOCCCNC(=NC)N1CCC2(CCCCC2)C1. The van der Waals surface area contributed by atoms with Gasteiger partial charge in [-0.3, -0.25) is 4.99 Å². The van der Waals surface area contributed by atoms with Gasteiger partial charge in [-0.05, 0) is 38.0 Å². The number of hydrogen-bond donors (Lipinski definition) is 1. The van der Waals surface area contributed by atoms with Gasteiger partial charge in [-0.2, -0.15) is 0 Å². The molecule has 2 rings (SSSR count). The molecule has 1 saturated carbocycles. The van der Waals surface area contributed by atoms with Crippen molar-refractivity contribution in [3.8, 4) is 0 Å². The summed E-state index contributed by atoms with van der Waals surface area (Å²) in [7, 11) is 1.90. The molecule has 20 heavy (non-hydrogen) atoms. The first-order valence-electron chi connectivity index (χ1n) is 8.33. The number of aliphatic imine (C=N–C) groups is 1. The van der Waals surface area contributed by atoms with Crippen LogP contribution in [0.2, 0.25) is 0 Å². The van der Waals surface area contributed by atoms with Crippen LogP contribution in [-0.4, -0.2) is 50.8 Å². The molecule has 1 aliphatic heterocycles. The number of nitrogens with zero attached hydrogens (tertiary/aromatic N) is 2. The minimum atomic E-state index is 0.598. The van der Waals surface area contributed by atoms with Gasteiger partial charge in [0.2, 0.25) is 0 Å². The Morgan fingerprint density at radius 3 is 2.75 bits per heavy atom. The lowest BCUT2D eigenvalue weighted by Crippen LogP contribution is -2.42. The maximum absolute atomic E-state index is 5.37. The third-order valence-electron chi connectivity index (χ3n) is 4.82. The van der Waals surface area contributed by atoms with Crippen LogP contribution in [-0.2, 0) is 4.74 Å². The number of rotatable bonds is 5. The molecule has 2 aliphatic rings. The molecule has 0 aromatic rings. The van der Waals surface area contributed by atoms with Crippen LogP contribution in [0.4, 0.5) is 0 Å². The van der Waals surface area contributed by atoms with Gasteiger partial charge >= 0.3 is 0 Å². The number of guanidine groups is 1. The van der Waals surface area contributed by atoms with E-state index >= 15 is 0 Å². The van der Waals surface area contributed by atoms with E-state index in [1.807, 2.05) is 14.0 Å². The summed E-state index contributed by atoms with van der Waals surface area (Å²) in [6, 6.07) is 0. The Morgan fingerprint density at radius 2 is 2.05 bits per heavy atom. The van der Waals surface area contributed by atoms with Crippen LogP contribution in [0, 0.1) is 5.41 Å². The molecular weight excluding hydrogens is 250 g/mol. The molecule has 1 spiro atoms. The molecule has 0 unspecified atom stereocenters. The molecule has 116 valence electrons. The third-order valence-corrected chi connectivity index (χ3v) is 4.82. The summed E-state index contributed by atoms with van der Waals surface area (Å²) in [5.74, 6) is 1.09. The molecule has 1 aliphatic carbocycles. The van der Waals surface area contributed by atoms with E-state index in [1.54, 1.807) is 0 Å². The van der Waals surface area contributed by atoms with Gasteiger partial charge in [0, 0.05) is 39.9 Å². The Bertz CT molecular complexity index is 311. The lowest BCUT2D eigenvalue weighted by atomic mass is 9.73. The van der Waals surface area contributed by atoms with E-state index in [9.17, 15) is 0 Å². The molecule has 4 heteroatoms. The van der Waals surface area contributed by atoms with Gasteiger partial charge in [0.05, 0.1) is 0 Å². The zero-order valence-electron chi connectivity index (χ0n) is 13.3. The molecule has 1 saturated heterocycles. The van der Waals surface area contributed by atoms with E-state index in [4.69, 9.17) is 4.74 Å². The highest BCUT2D eigenvalue weighted by atomic mass is 16.5. The molecule has 4 nitrogen and oxygen atoms in total. The summed E-state index contributed by atoms with van der Waals surface area (Å²) in [5, 5.41) is 3.49. The van der Waals surface area contributed by atoms with E-state index in [0.717, 1.165) is 32.1 Å². The van der Waals surface area contributed by atoms with Crippen molar-refractivity contribution in [2.45, 2.75) is 51.9 Å². The lowest BCUT2D eigenvalue weighted by Gasteiger charge is -2.33. The van der Waals surface area contributed by atoms with Crippen molar-refractivity contribution in [2.24, 2.45) is 10.4 Å². The largest absolute Gasteiger partial charge is 0.382 e. The van der Waals surface area contributed by atoms with E-state index in [0.29, 0.717) is 5.41 Å². The number of nitrogens with one attached hydrogen (secondary N) is 1. The van der Waals surface area contributed by atoms with E-state index in [-0.39, 0.29) is 0 Å². The van der Waals surface area contributed by atoms with Crippen LogP contribution in [0.25, 0.3) is 0 Å². The van der Waals surface area contributed by atoms with Crippen molar-refractivity contribution < 1.29 is 4.74 Å². The van der Waals surface area contributed by atoms with Crippen molar-refractivity contribution in [3.05, 3.63) is 0 Å². The average molecular weight is 281 g/mol. The number of ether oxygens (including phenoxy) is 1. The summed E-state index contributed by atoms with van der Waals surface area (Å²) in [5.41, 5.74) is 0.598. The first-order valence-corrected chi connectivity index (χ1v) is 8.33. The van der Waals surface area contributed by atoms with E-state index in [1.165, 1.54) is 51.6 Å². The average Bonchev–Trinajstić information content (AvgIpc) is 2.87. The van der Waals surface area contributed by atoms with Crippen LogP contribution in [0.3, 0.4) is 0 Å². The second kappa shape index (κ2) is 7.87. The second-order valence-corrected chi connectivity index (χ2v) is 6.26. The zero-order valence-corrected chi connectivity index (χ0v) is 13.3. The maximum Gasteiger partial charge on any atom is 0.193 e. The van der Waals surface area contributed by atoms with Crippen molar-refractivity contribution in [3.63, 3.8) is 0 Å². The molecule has 1 heterocycles. The Balaban J connectivity index is 1.75. The van der Waals surface area contributed by atoms with Gasteiger partial charge in [0.1, 0.15) is 0 Å². The summed E-state index contributed by atoms with van der Waals surface area (Å²) in [6.45, 7) is 7.02. The van der Waals surface area contributed by atoms with Crippen molar-refractivity contribution >= 4 is 5.96 Å². The topological polar surface area (TPSA) is 36.9 Å². The van der Waals surface area contributed by atoms with Gasteiger partial charge < -0.3 is 15.0 Å². The highest BCUT2D eigenvalue weighted by Gasteiger charge is 2.39. The van der Waals surface area contributed by atoms with Crippen LogP contribution in [0.15, 0.2) is 4.99 Å². The molecule has 0 bridgehead atoms. The van der Waals surface area contributed by atoms with Crippen LogP contribution < -0.4 is 5.32 Å². The van der Waals surface area contributed by atoms with Crippen LogP contribution in [0.1, 0.15) is 51.9 Å². The van der Waals surface area contributed by atoms with Crippen LogP contribution in [0.5, 0.6) is 0 Å². The van der Waals surface area contributed by atoms with E-state index in [2.05, 4.69) is 15.2 Å². The summed E-state index contributed by atoms with van der Waals surface area (Å²) >= 11 is 0. The Hall–Kier alpha value is -0.770. The molecule has 0 amide bonds. The molecule has 0 aromatic heterocycles. The predicted octanol–water partition coefficient (Wildman–Crippen LogP) is 2.64. The molecule has 0 aromatic carbocycles. The van der Waals surface area contributed by atoms with Crippen molar-refractivity contribution in [1.29, 1.82) is 0 Å². The molecule has 0 radical (unpaired) electrons. The molecule has 0 atom stereocenters. The van der Waals surface area contributed by atoms with Gasteiger partial charge in [-0.1, -0.05) is 19.3 Å². The highest BCUT2D eigenvalue weighted by molar-refractivity contribution is 5.80. The fraction of sp³-hybridized carbons (Fsp3) is 0.938. The van der Waals surface area contributed by atoms with Crippen molar-refractivity contribution in [1.82, 2.24) is 10.2 Å². The maximum atomic E-state index is 5.37. The number of likely N-dealkylation sites (tertiary alicyclic amines) is 1. The Kier molecular flexibility index (Phi) is 6.14. The summed E-state index contributed by atoms with van der Waals surface area (Å²) in [6.07, 6.45) is 9.53. The Morgan fingerprint density at radius 1 is 1.25 bits per heavy atom. The quantitative estimate of drug-likeness (QED) is 0.478. The highest BCUT2D eigenvalue weighted by Crippen LogP contribution is 2.43. The van der Waals surface area contributed by atoms with Gasteiger partial charge in [0.15, 0.2) is 5.96 Å². The monoisotopic (exact) mass is 281 g/mol. The van der Waals surface area contributed by atoms with Crippen molar-refractivity contribution in [2.75, 3.05) is 39.9 Å².